The maximum absolute atomic E-state index is 10.6. The zero-order chi connectivity index (χ0) is 22.9. The summed E-state index contributed by atoms with van der Waals surface area (Å²) in [6.45, 7) is -1.22. The zero-order valence-corrected chi connectivity index (χ0v) is 16.4. The molecule has 0 aromatic carbocycles. The van der Waals surface area contributed by atoms with Crippen molar-refractivity contribution in [1.82, 2.24) is 16.4 Å². The maximum atomic E-state index is 10.6. The molecule has 0 saturated carbocycles. The van der Waals surface area contributed by atoms with E-state index in [1.165, 1.54) is 0 Å². The Morgan fingerprint density at radius 1 is 0.767 bits per heavy atom. The maximum Gasteiger partial charge on any atom is 0.120 e. The van der Waals surface area contributed by atoms with Gasteiger partial charge < -0.3 is 29.5 Å². The van der Waals surface area contributed by atoms with Crippen molar-refractivity contribution < 1.29 is 45.2 Å². The lowest BCUT2D eigenvalue weighted by molar-refractivity contribution is -0.164. The van der Waals surface area contributed by atoms with Gasteiger partial charge in [0.1, 0.15) is 41.9 Å². The van der Waals surface area contributed by atoms with Crippen LogP contribution in [0.5, 0.6) is 0 Å². The van der Waals surface area contributed by atoms with E-state index in [1.807, 2.05) is 0 Å². The van der Waals surface area contributed by atoms with Gasteiger partial charge in [0.2, 0.25) is 0 Å². The van der Waals surface area contributed by atoms with Gasteiger partial charge in [-0.2, -0.15) is 0 Å². The van der Waals surface area contributed by atoms with Crippen molar-refractivity contribution in [3.63, 3.8) is 0 Å². The van der Waals surface area contributed by atoms with Crippen LogP contribution in [0, 0.1) is 16.2 Å². The molecule has 0 bridgehead atoms. The predicted molar refractivity (Wildman–Crippen MR) is 101 cm³/mol. The van der Waals surface area contributed by atoms with Crippen molar-refractivity contribution in [2.24, 2.45) is 0 Å². The van der Waals surface area contributed by atoms with Crippen molar-refractivity contribution >= 4 is 17.5 Å². The molecular formula is C15H32N6O9. The van der Waals surface area contributed by atoms with E-state index in [0.717, 1.165) is 0 Å². The van der Waals surface area contributed by atoms with Crippen LogP contribution < -0.4 is 16.4 Å². The van der Waals surface area contributed by atoms with Crippen LogP contribution in [0.4, 0.5) is 0 Å². The topological polar surface area (TPSA) is 257 Å². The molecule has 0 saturated heterocycles. The van der Waals surface area contributed by atoms with E-state index in [4.69, 9.17) is 46.1 Å². The molecule has 176 valence electrons. The Balaban J connectivity index is 5.01. The Morgan fingerprint density at radius 2 is 1.23 bits per heavy atom. The Labute approximate surface area is 173 Å². The Morgan fingerprint density at radius 3 is 1.70 bits per heavy atom. The quantitative estimate of drug-likeness (QED) is 0.0486. The van der Waals surface area contributed by atoms with Crippen LogP contribution in [0.1, 0.15) is 19.3 Å². The highest BCUT2D eigenvalue weighted by Crippen LogP contribution is 2.14. The van der Waals surface area contributed by atoms with Crippen LogP contribution in [0.2, 0.25) is 0 Å². The Hall–Kier alpha value is -1.95. The Bertz CT molecular complexity index is 513. The van der Waals surface area contributed by atoms with Gasteiger partial charge in [-0.05, 0) is 0 Å². The van der Waals surface area contributed by atoms with Crippen molar-refractivity contribution in [3.8, 4) is 0 Å². The van der Waals surface area contributed by atoms with Crippen molar-refractivity contribution in [1.29, 1.82) is 16.2 Å². The van der Waals surface area contributed by atoms with Gasteiger partial charge in [0.15, 0.2) is 0 Å². The van der Waals surface area contributed by atoms with Crippen molar-refractivity contribution in [2.45, 2.75) is 43.7 Å². The first-order valence-corrected chi connectivity index (χ1v) is 9.01. The van der Waals surface area contributed by atoms with E-state index in [-0.39, 0.29) is 63.2 Å². The number of rotatable bonds is 17. The minimum atomic E-state index is -1.50. The normalized spacial score (nSPS) is 15.0. The smallest absolute Gasteiger partial charge is 0.120 e. The monoisotopic (exact) mass is 440 g/mol. The molecule has 15 heteroatoms. The summed E-state index contributed by atoms with van der Waals surface area (Å²) in [4.78, 5) is 0. The summed E-state index contributed by atoms with van der Waals surface area (Å²) in [7, 11) is 0. The van der Waals surface area contributed by atoms with E-state index >= 15 is 0 Å². The van der Waals surface area contributed by atoms with Crippen LogP contribution in [0.15, 0.2) is 0 Å². The summed E-state index contributed by atoms with van der Waals surface area (Å²) in [6.07, 6.45) is -5.45. The highest BCUT2D eigenvalue weighted by molar-refractivity contribution is 5.78. The average Bonchev–Trinajstić information content (AvgIpc) is 2.76. The third kappa shape index (κ3) is 11.9. The average molecular weight is 440 g/mol. The lowest BCUT2D eigenvalue weighted by Crippen LogP contribution is -2.50. The molecule has 12 N–H and O–H groups in total. The van der Waals surface area contributed by atoms with Gasteiger partial charge in [0, 0.05) is 19.3 Å². The van der Waals surface area contributed by atoms with Gasteiger partial charge in [-0.15, -0.1) is 0 Å². The van der Waals surface area contributed by atoms with Gasteiger partial charge in [-0.3, -0.25) is 48.3 Å². The predicted octanol–water partition coefficient (Wildman–Crippen LogP) is -2.47. The molecule has 30 heavy (non-hydrogen) atoms. The molecule has 0 rings (SSSR count). The van der Waals surface area contributed by atoms with E-state index in [0.29, 0.717) is 0 Å². The summed E-state index contributed by atoms with van der Waals surface area (Å²) in [6, 6.07) is 0. The number of aliphatic hydroxyl groups excluding tert-OH is 3. The van der Waals surface area contributed by atoms with Gasteiger partial charge in [0.05, 0.1) is 33.0 Å². The van der Waals surface area contributed by atoms with Crippen LogP contribution in [-0.2, 0) is 14.2 Å². The number of hydroxylamine groups is 3. The molecule has 4 atom stereocenters. The fourth-order valence-electron chi connectivity index (χ4n) is 2.15. The van der Waals surface area contributed by atoms with Crippen LogP contribution in [0.3, 0.4) is 0 Å². The number of hydrogen-bond acceptors (Lipinski definition) is 12. The minimum absolute atomic E-state index is 0.000395. The van der Waals surface area contributed by atoms with Gasteiger partial charge >= 0.3 is 0 Å². The minimum Gasteiger partial charge on any atom is -0.394 e. The SMILES string of the molecule is N=C(CCOCC(OCCC(=N)NO)C(O)C(OCCC(=N)NO)C(O)CO)NO. The zero-order valence-electron chi connectivity index (χ0n) is 16.4. The number of amidine groups is 3. The number of nitrogens with one attached hydrogen (secondary N) is 6. The molecule has 0 fully saturated rings. The molecule has 15 nitrogen and oxygen atoms in total. The molecule has 0 aromatic rings. The molecule has 0 aliphatic carbocycles. The first kappa shape index (κ1) is 28.1. The molecule has 4 unspecified atom stereocenters. The largest absolute Gasteiger partial charge is 0.394 e. The summed E-state index contributed by atoms with van der Waals surface area (Å²) < 4.78 is 16.2. The second kappa shape index (κ2) is 16.8. The summed E-state index contributed by atoms with van der Waals surface area (Å²) in [5.74, 6) is -0.676. The fourth-order valence-corrected chi connectivity index (χ4v) is 2.15. The van der Waals surface area contributed by atoms with Crippen LogP contribution in [0.25, 0.3) is 0 Å². The Kier molecular flexibility index (Phi) is 15.7. The molecule has 0 heterocycles. The lowest BCUT2D eigenvalue weighted by atomic mass is 10.0. The standard InChI is InChI=1S/C15H32N6O9/c16-11(19-25)1-4-28-8-10(29-5-2-12(17)20-26)14(24)15(9(23)7-22)30-6-3-13(18)21-27/h9-10,14-15,22-27H,1-8H2,(H2,16,19)(H2,17,20)(H2,18,21). The molecular weight excluding hydrogens is 408 g/mol. The number of aliphatic hydroxyl groups is 3. The number of ether oxygens (including phenoxy) is 3. The van der Waals surface area contributed by atoms with Gasteiger partial charge in [0.25, 0.3) is 0 Å². The first-order chi connectivity index (χ1) is 14.3. The second-order valence-corrected chi connectivity index (χ2v) is 6.08. The van der Waals surface area contributed by atoms with Crippen molar-refractivity contribution in [2.75, 3.05) is 33.0 Å². The number of hydrogen-bond donors (Lipinski definition) is 12. The second-order valence-electron chi connectivity index (χ2n) is 6.08. The fraction of sp³-hybridized carbons (Fsp3) is 0.800. The summed E-state index contributed by atoms with van der Waals surface area (Å²) in [5.41, 5.74) is 4.92. The molecule has 0 aromatic heterocycles. The van der Waals surface area contributed by atoms with Crippen molar-refractivity contribution in [3.05, 3.63) is 0 Å². The van der Waals surface area contributed by atoms with E-state index < -0.39 is 31.0 Å². The highest BCUT2D eigenvalue weighted by Gasteiger charge is 2.34. The molecule has 0 spiro atoms. The van der Waals surface area contributed by atoms with Gasteiger partial charge in [-0.1, -0.05) is 0 Å². The third-order valence-electron chi connectivity index (χ3n) is 3.81. The molecule has 0 aliphatic heterocycles. The molecule has 0 aliphatic rings. The van der Waals surface area contributed by atoms with E-state index in [2.05, 4.69) is 0 Å². The summed E-state index contributed by atoms with van der Waals surface area (Å²) >= 11 is 0. The first-order valence-electron chi connectivity index (χ1n) is 9.01. The van der Waals surface area contributed by atoms with Crippen LogP contribution in [-0.4, -0.2) is 106 Å². The van der Waals surface area contributed by atoms with Gasteiger partial charge in [-0.25, -0.2) is 0 Å². The molecule has 0 radical (unpaired) electrons. The molecule has 0 amide bonds. The van der Waals surface area contributed by atoms with Crippen LogP contribution >= 0.6 is 0 Å². The lowest BCUT2D eigenvalue weighted by Gasteiger charge is -2.32. The van der Waals surface area contributed by atoms with E-state index in [9.17, 15) is 15.3 Å². The highest BCUT2D eigenvalue weighted by atomic mass is 16.6. The third-order valence-corrected chi connectivity index (χ3v) is 3.81. The van der Waals surface area contributed by atoms with E-state index in [1.54, 1.807) is 16.4 Å². The summed E-state index contributed by atoms with van der Waals surface area (Å²) in [5, 5.41) is 77.6.